The third kappa shape index (κ3) is 4.85. The zero-order valence-electron chi connectivity index (χ0n) is 29.5. The molecule has 10 aromatic rings. The molecule has 0 radical (unpaired) electrons. The number of nitriles is 1. The molecule has 4 nitrogen and oxygen atoms in total. The topological polar surface area (TPSA) is 46.5 Å². The van der Waals surface area contributed by atoms with E-state index in [1.807, 2.05) is 0 Å². The lowest BCUT2D eigenvalue weighted by atomic mass is 10.1. The van der Waals surface area contributed by atoms with Crippen LogP contribution >= 0.6 is 0 Å². The predicted octanol–water partition coefficient (Wildman–Crippen LogP) is 8.58. The van der Waals surface area contributed by atoms with E-state index in [4.69, 9.17) is 4.98 Å². The summed E-state index contributed by atoms with van der Waals surface area (Å²) in [6, 6.07) is 69.4. The molecule has 0 saturated heterocycles. The molecule has 0 fully saturated rings. The van der Waals surface area contributed by atoms with Crippen LogP contribution in [0, 0.1) is 11.3 Å². The molecule has 3 aromatic heterocycles. The fourth-order valence-electron chi connectivity index (χ4n) is 8.72. The number of nitrogens with zero attached hydrogens (tertiary/aromatic N) is 4. The maximum Gasteiger partial charge on any atom is 0.182 e. The third-order valence-electron chi connectivity index (χ3n) is 11.0. The van der Waals surface area contributed by atoms with Crippen molar-refractivity contribution in [2.45, 2.75) is 6.54 Å². The molecular formula is C49H34N4Si. The Morgan fingerprint density at radius 1 is 0.481 bits per heavy atom. The molecule has 0 aliphatic carbocycles. The summed E-state index contributed by atoms with van der Waals surface area (Å²) in [5.74, 6) is 0.863. The first-order chi connectivity index (χ1) is 26.8. The molecule has 0 bridgehead atoms. The highest BCUT2D eigenvalue weighted by Crippen LogP contribution is 2.32. The van der Waals surface area contributed by atoms with Crippen LogP contribution in [0.4, 0.5) is 0 Å². The van der Waals surface area contributed by atoms with Crippen LogP contribution in [-0.4, -0.2) is 22.2 Å². The van der Waals surface area contributed by atoms with Crippen molar-refractivity contribution in [1.82, 2.24) is 14.1 Å². The standard InChI is InChI=1S/C49H34N4Si/c50-32-36-31-35(34-52-44-23-11-7-19-40(44)41-20-8-12-24-45(41)52)27-29-48(36)54(37-15-3-1-4-16-37,38-17-5-2-6-18-38)39-28-30-49(51-33-39)53-46-25-13-9-21-42(46)43-22-10-14-26-47(43)53/h1-31,33H,34H2. The Balaban J connectivity index is 1.17. The summed E-state index contributed by atoms with van der Waals surface area (Å²) in [4.78, 5) is 5.26. The number of hydrogen-bond donors (Lipinski definition) is 0. The smallest absolute Gasteiger partial charge is 0.182 e. The summed E-state index contributed by atoms with van der Waals surface area (Å²) >= 11 is 0. The van der Waals surface area contributed by atoms with Gasteiger partial charge < -0.3 is 4.57 Å². The lowest BCUT2D eigenvalue weighted by Crippen LogP contribution is -2.75. The number of pyridine rings is 1. The molecule has 0 aliphatic rings. The van der Waals surface area contributed by atoms with E-state index in [2.05, 4.69) is 209 Å². The Morgan fingerprint density at radius 2 is 0.963 bits per heavy atom. The summed E-state index contributed by atoms with van der Waals surface area (Å²) in [5, 5.41) is 20.5. The molecular weight excluding hydrogens is 673 g/mol. The third-order valence-corrected chi connectivity index (χ3v) is 15.8. The van der Waals surface area contributed by atoms with Crippen molar-refractivity contribution in [3.05, 3.63) is 205 Å². The number of benzene rings is 7. The van der Waals surface area contributed by atoms with Crippen molar-refractivity contribution < 1.29 is 0 Å². The first-order valence-electron chi connectivity index (χ1n) is 18.3. The van der Waals surface area contributed by atoms with E-state index in [-0.39, 0.29) is 0 Å². The Hall–Kier alpha value is -7.00. The van der Waals surface area contributed by atoms with Gasteiger partial charge in [0.25, 0.3) is 0 Å². The van der Waals surface area contributed by atoms with E-state index >= 15 is 0 Å². The molecule has 0 aliphatic heterocycles. The molecule has 5 heteroatoms. The van der Waals surface area contributed by atoms with Crippen molar-refractivity contribution in [3.8, 4) is 11.9 Å². The molecule has 0 unspecified atom stereocenters. The van der Waals surface area contributed by atoms with Crippen molar-refractivity contribution >= 4 is 72.4 Å². The summed E-state index contributed by atoms with van der Waals surface area (Å²) in [5.41, 5.74) is 6.41. The highest BCUT2D eigenvalue weighted by atomic mass is 28.3. The van der Waals surface area contributed by atoms with Crippen molar-refractivity contribution in [3.63, 3.8) is 0 Å². The minimum Gasteiger partial charge on any atom is -0.336 e. The number of aromatic nitrogens is 3. The number of fused-ring (bicyclic) bond motifs is 6. The molecule has 0 N–H and O–H groups in total. The van der Waals surface area contributed by atoms with Crippen LogP contribution in [0.2, 0.25) is 0 Å². The monoisotopic (exact) mass is 706 g/mol. The van der Waals surface area contributed by atoms with Crippen LogP contribution in [0.1, 0.15) is 11.1 Å². The molecule has 0 amide bonds. The van der Waals surface area contributed by atoms with Crippen LogP contribution in [0.5, 0.6) is 0 Å². The second-order valence-electron chi connectivity index (χ2n) is 13.9. The summed E-state index contributed by atoms with van der Waals surface area (Å²) in [6.07, 6.45) is 2.07. The number of hydrogen-bond acceptors (Lipinski definition) is 2. The number of para-hydroxylation sites is 4. The van der Waals surface area contributed by atoms with Gasteiger partial charge in [0.1, 0.15) is 5.82 Å². The number of rotatable bonds is 7. The normalized spacial score (nSPS) is 11.8. The largest absolute Gasteiger partial charge is 0.336 e. The van der Waals surface area contributed by atoms with Crippen LogP contribution in [0.3, 0.4) is 0 Å². The molecule has 0 atom stereocenters. The fourth-order valence-corrected chi connectivity index (χ4v) is 13.5. The Morgan fingerprint density at radius 3 is 1.46 bits per heavy atom. The fraction of sp³-hybridized carbons (Fsp3) is 0.0204. The van der Waals surface area contributed by atoms with E-state index in [0.29, 0.717) is 12.1 Å². The average Bonchev–Trinajstić information content (AvgIpc) is 3.75. The van der Waals surface area contributed by atoms with Gasteiger partial charge in [-0.15, -0.1) is 0 Å². The molecule has 54 heavy (non-hydrogen) atoms. The van der Waals surface area contributed by atoms with Gasteiger partial charge in [0.05, 0.1) is 22.7 Å². The van der Waals surface area contributed by atoms with E-state index in [0.717, 1.165) is 32.8 Å². The summed E-state index contributed by atoms with van der Waals surface area (Å²) < 4.78 is 4.63. The van der Waals surface area contributed by atoms with Crippen LogP contribution in [-0.2, 0) is 6.54 Å². The van der Waals surface area contributed by atoms with Gasteiger partial charge in [0.15, 0.2) is 8.07 Å². The van der Waals surface area contributed by atoms with Crippen molar-refractivity contribution in [2.24, 2.45) is 0 Å². The first kappa shape index (κ1) is 31.7. The van der Waals surface area contributed by atoms with Gasteiger partial charge in [0.2, 0.25) is 0 Å². The Bertz CT molecular complexity index is 2880. The van der Waals surface area contributed by atoms with E-state index in [1.165, 1.54) is 43.0 Å². The van der Waals surface area contributed by atoms with Crippen LogP contribution in [0.15, 0.2) is 194 Å². The maximum absolute atomic E-state index is 11.0. The SMILES string of the molecule is N#Cc1cc(Cn2c3ccccc3c3ccccc32)ccc1[Si](c1ccccc1)(c1ccccc1)c1ccc(-n2c3ccccc3c3ccccc32)nc1. The second-order valence-corrected chi connectivity index (χ2v) is 17.6. The summed E-state index contributed by atoms with van der Waals surface area (Å²) in [6.45, 7) is 0.656. The maximum atomic E-state index is 11.0. The minimum absolute atomic E-state index is 0.656. The predicted molar refractivity (Wildman–Crippen MR) is 225 cm³/mol. The van der Waals surface area contributed by atoms with E-state index in [9.17, 15) is 5.26 Å². The zero-order valence-corrected chi connectivity index (χ0v) is 30.5. The van der Waals surface area contributed by atoms with Gasteiger partial charge in [-0.05, 0) is 62.7 Å². The van der Waals surface area contributed by atoms with Crippen LogP contribution < -0.4 is 20.7 Å². The van der Waals surface area contributed by atoms with E-state index in [1.54, 1.807) is 0 Å². The quantitative estimate of drug-likeness (QED) is 0.123. The highest BCUT2D eigenvalue weighted by Gasteiger charge is 2.43. The van der Waals surface area contributed by atoms with Gasteiger partial charge >= 0.3 is 0 Å². The molecule has 3 heterocycles. The molecule has 10 rings (SSSR count). The highest BCUT2D eigenvalue weighted by molar-refractivity contribution is 7.20. The van der Waals surface area contributed by atoms with Gasteiger partial charge in [0, 0.05) is 45.3 Å². The lowest BCUT2D eigenvalue weighted by molar-refractivity contribution is 0.869. The average molecular weight is 707 g/mol. The van der Waals surface area contributed by atoms with Gasteiger partial charge in [-0.25, -0.2) is 4.98 Å². The molecule has 0 saturated carbocycles. The van der Waals surface area contributed by atoms with Crippen LogP contribution in [0.25, 0.3) is 49.4 Å². The van der Waals surface area contributed by atoms with Crippen molar-refractivity contribution in [1.29, 1.82) is 5.26 Å². The zero-order chi connectivity index (χ0) is 36.1. The van der Waals surface area contributed by atoms with Gasteiger partial charge in [-0.1, -0.05) is 152 Å². The first-order valence-corrected chi connectivity index (χ1v) is 20.3. The molecule has 0 spiro atoms. The summed E-state index contributed by atoms with van der Waals surface area (Å²) in [7, 11) is -3.07. The van der Waals surface area contributed by atoms with Gasteiger partial charge in [-0.2, -0.15) is 5.26 Å². The minimum atomic E-state index is -3.07. The molecule has 7 aromatic carbocycles. The Kier molecular flexibility index (Phi) is 7.57. The van der Waals surface area contributed by atoms with Crippen molar-refractivity contribution in [2.75, 3.05) is 0 Å². The molecule has 254 valence electrons. The Labute approximate surface area is 314 Å². The van der Waals surface area contributed by atoms with E-state index < -0.39 is 8.07 Å². The van der Waals surface area contributed by atoms with Gasteiger partial charge in [-0.3, -0.25) is 4.57 Å². The lowest BCUT2D eigenvalue weighted by Gasteiger charge is -2.35. The second kappa shape index (κ2) is 12.9.